The monoisotopic (exact) mass is 308 g/mol. The van der Waals surface area contributed by atoms with Crippen molar-refractivity contribution in [3.8, 4) is 0 Å². The van der Waals surface area contributed by atoms with Crippen LogP contribution >= 0.6 is 0 Å². The van der Waals surface area contributed by atoms with Crippen LogP contribution in [0.3, 0.4) is 0 Å². The van der Waals surface area contributed by atoms with E-state index >= 15 is 0 Å². The Morgan fingerprint density at radius 1 is 1.09 bits per heavy atom. The lowest BCUT2D eigenvalue weighted by Crippen LogP contribution is -2.35. The molecule has 2 aromatic rings. The summed E-state index contributed by atoms with van der Waals surface area (Å²) < 4.78 is 0. The van der Waals surface area contributed by atoms with E-state index in [-0.39, 0.29) is 18.2 Å². The highest BCUT2D eigenvalue weighted by atomic mass is 16.2. The van der Waals surface area contributed by atoms with E-state index < -0.39 is 6.04 Å². The predicted octanol–water partition coefficient (Wildman–Crippen LogP) is 3.30. The molecule has 1 aliphatic heterocycles. The number of rotatable bonds is 4. The molecule has 2 amide bonds. The molecule has 1 saturated heterocycles. The van der Waals surface area contributed by atoms with E-state index in [9.17, 15) is 9.59 Å². The number of imide groups is 1. The van der Waals surface area contributed by atoms with Crippen LogP contribution in [0.5, 0.6) is 0 Å². The van der Waals surface area contributed by atoms with Crippen molar-refractivity contribution < 1.29 is 9.59 Å². The van der Waals surface area contributed by atoms with Gasteiger partial charge in [0.05, 0.1) is 12.1 Å². The lowest BCUT2D eigenvalue weighted by molar-refractivity contribution is -0.121. The van der Waals surface area contributed by atoms with Gasteiger partial charge in [-0.1, -0.05) is 37.3 Å². The number of anilines is 2. The number of para-hydroxylation sites is 1. The average Bonchev–Trinajstić information content (AvgIpc) is 2.83. The van der Waals surface area contributed by atoms with Crippen LogP contribution in [0, 0.1) is 6.92 Å². The number of benzene rings is 2. The van der Waals surface area contributed by atoms with Gasteiger partial charge >= 0.3 is 0 Å². The number of nitrogens with zero attached hydrogens (tertiary/aromatic N) is 1. The van der Waals surface area contributed by atoms with E-state index in [4.69, 9.17) is 0 Å². The van der Waals surface area contributed by atoms with Crippen LogP contribution < -0.4 is 10.2 Å². The normalized spacial score (nSPS) is 17.7. The summed E-state index contributed by atoms with van der Waals surface area (Å²) in [7, 11) is 0. The van der Waals surface area contributed by atoms with Crippen LogP contribution in [-0.4, -0.2) is 17.9 Å². The van der Waals surface area contributed by atoms with Crippen molar-refractivity contribution in [3.05, 3.63) is 59.7 Å². The highest BCUT2D eigenvalue weighted by molar-refractivity contribution is 6.23. The van der Waals surface area contributed by atoms with Crippen molar-refractivity contribution in [3.63, 3.8) is 0 Å². The van der Waals surface area contributed by atoms with Crippen molar-refractivity contribution in [1.29, 1.82) is 0 Å². The molecule has 1 unspecified atom stereocenters. The third-order valence-electron chi connectivity index (χ3n) is 4.21. The van der Waals surface area contributed by atoms with Gasteiger partial charge in [-0.25, -0.2) is 4.90 Å². The first-order valence-electron chi connectivity index (χ1n) is 7.88. The number of carbonyl (C=O) groups is 2. The molecule has 0 aliphatic carbocycles. The molecule has 2 aromatic carbocycles. The van der Waals surface area contributed by atoms with Gasteiger partial charge in [-0.15, -0.1) is 0 Å². The van der Waals surface area contributed by atoms with Crippen molar-refractivity contribution in [2.75, 3.05) is 10.2 Å². The Morgan fingerprint density at radius 2 is 1.78 bits per heavy atom. The minimum Gasteiger partial charge on any atom is -0.373 e. The van der Waals surface area contributed by atoms with Crippen molar-refractivity contribution in [1.82, 2.24) is 0 Å². The van der Waals surface area contributed by atoms with Gasteiger partial charge in [-0.05, 0) is 42.7 Å². The van der Waals surface area contributed by atoms with E-state index in [1.54, 1.807) is 0 Å². The molecule has 23 heavy (non-hydrogen) atoms. The third kappa shape index (κ3) is 2.97. The molecular weight excluding hydrogens is 288 g/mol. The Hall–Kier alpha value is -2.62. The maximum Gasteiger partial charge on any atom is 0.256 e. The molecule has 0 radical (unpaired) electrons. The van der Waals surface area contributed by atoms with Crippen molar-refractivity contribution >= 4 is 23.2 Å². The standard InChI is InChI=1S/C19H20N2O2/c1-3-14-8-10-15(11-9-14)20-16-12-18(22)21(19(16)23)17-7-5-4-6-13(17)2/h4-11,16,20H,3,12H2,1-2H3. The van der Waals surface area contributed by atoms with Crippen LogP contribution in [0.15, 0.2) is 48.5 Å². The van der Waals surface area contributed by atoms with E-state index in [1.165, 1.54) is 10.5 Å². The average molecular weight is 308 g/mol. The third-order valence-corrected chi connectivity index (χ3v) is 4.21. The molecule has 1 N–H and O–H groups in total. The fourth-order valence-electron chi connectivity index (χ4n) is 2.85. The van der Waals surface area contributed by atoms with E-state index in [2.05, 4.69) is 12.2 Å². The molecule has 0 bridgehead atoms. The fraction of sp³-hybridized carbons (Fsp3) is 0.263. The maximum atomic E-state index is 12.6. The second-order valence-corrected chi connectivity index (χ2v) is 5.81. The molecule has 4 nitrogen and oxygen atoms in total. The second-order valence-electron chi connectivity index (χ2n) is 5.81. The first-order chi connectivity index (χ1) is 11.1. The van der Waals surface area contributed by atoms with Gasteiger partial charge in [0.2, 0.25) is 5.91 Å². The molecule has 118 valence electrons. The van der Waals surface area contributed by atoms with Crippen LogP contribution in [0.25, 0.3) is 0 Å². The first kappa shape index (κ1) is 15.3. The largest absolute Gasteiger partial charge is 0.373 e. The Kier molecular flexibility index (Phi) is 4.15. The predicted molar refractivity (Wildman–Crippen MR) is 91.5 cm³/mol. The first-order valence-corrected chi connectivity index (χ1v) is 7.88. The van der Waals surface area contributed by atoms with Crippen LogP contribution in [0.1, 0.15) is 24.5 Å². The van der Waals surface area contributed by atoms with Gasteiger partial charge in [-0.2, -0.15) is 0 Å². The molecule has 0 spiro atoms. The molecule has 0 aromatic heterocycles. The summed E-state index contributed by atoms with van der Waals surface area (Å²) in [5.41, 5.74) is 3.70. The van der Waals surface area contributed by atoms with Gasteiger partial charge in [-0.3, -0.25) is 9.59 Å². The molecule has 0 saturated carbocycles. The highest BCUT2D eigenvalue weighted by Gasteiger charge is 2.39. The van der Waals surface area contributed by atoms with E-state index in [1.807, 2.05) is 55.5 Å². The zero-order valence-corrected chi connectivity index (χ0v) is 13.4. The smallest absolute Gasteiger partial charge is 0.256 e. The van der Waals surface area contributed by atoms with Crippen LogP contribution in [0.2, 0.25) is 0 Å². The van der Waals surface area contributed by atoms with E-state index in [0.29, 0.717) is 5.69 Å². The highest BCUT2D eigenvalue weighted by Crippen LogP contribution is 2.27. The summed E-state index contributed by atoms with van der Waals surface area (Å²) in [6.07, 6.45) is 1.16. The number of nitrogens with one attached hydrogen (secondary N) is 1. The minimum absolute atomic E-state index is 0.160. The summed E-state index contributed by atoms with van der Waals surface area (Å²) in [6.45, 7) is 4.00. The van der Waals surface area contributed by atoms with Gasteiger partial charge in [0.25, 0.3) is 5.91 Å². The summed E-state index contributed by atoms with van der Waals surface area (Å²) in [5.74, 6) is -0.351. The second kappa shape index (κ2) is 6.24. The summed E-state index contributed by atoms with van der Waals surface area (Å²) in [5, 5.41) is 3.18. The molecule has 1 aliphatic rings. The minimum atomic E-state index is -0.505. The van der Waals surface area contributed by atoms with Gasteiger partial charge in [0.1, 0.15) is 6.04 Å². The van der Waals surface area contributed by atoms with Crippen LogP contribution in [-0.2, 0) is 16.0 Å². The maximum absolute atomic E-state index is 12.6. The summed E-state index contributed by atoms with van der Waals surface area (Å²) in [4.78, 5) is 26.2. The molecule has 1 heterocycles. The summed E-state index contributed by atoms with van der Waals surface area (Å²) in [6, 6.07) is 14.9. The van der Waals surface area contributed by atoms with Gasteiger partial charge < -0.3 is 5.32 Å². The quantitative estimate of drug-likeness (QED) is 0.882. The number of amides is 2. The molecule has 4 heteroatoms. The van der Waals surface area contributed by atoms with Gasteiger partial charge in [0, 0.05) is 5.69 Å². The summed E-state index contributed by atoms with van der Waals surface area (Å²) >= 11 is 0. The Bertz CT molecular complexity index is 737. The number of hydrogen-bond acceptors (Lipinski definition) is 3. The topological polar surface area (TPSA) is 49.4 Å². The van der Waals surface area contributed by atoms with Crippen molar-refractivity contribution in [2.24, 2.45) is 0 Å². The number of aryl methyl sites for hydroxylation is 2. The lowest BCUT2D eigenvalue weighted by atomic mass is 10.1. The number of hydrogen-bond donors (Lipinski definition) is 1. The van der Waals surface area contributed by atoms with Crippen molar-refractivity contribution in [2.45, 2.75) is 32.7 Å². The Balaban J connectivity index is 1.79. The molecule has 3 rings (SSSR count). The number of carbonyl (C=O) groups excluding carboxylic acids is 2. The fourth-order valence-corrected chi connectivity index (χ4v) is 2.85. The lowest BCUT2D eigenvalue weighted by Gasteiger charge is -2.18. The molecular formula is C19H20N2O2. The Labute approximate surface area is 136 Å². The van der Waals surface area contributed by atoms with Gasteiger partial charge in [0.15, 0.2) is 0 Å². The SMILES string of the molecule is CCc1ccc(NC2CC(=O)N(c3ccccc3C)C2=O)cc1. The van der Waals surface area contributed by atoms with E-state index in [0.717, 1.165) is 17.7 Å². The molecule has 1 fully saturated rings. The zero-order chi connectivity index (χ0) is 16.4. The molecule has 1 atom stereocenters. The van der Waals surface area contributed by atoms with Crippen LogP contribution in [0.4, 0.5) is 11.4 Å². The Morgan fingerprint density at radius 3 is 2.43 bits per heavy atom. The zero-order valence-electron chi connectivity index (χ0n) is 13.4.